The van der Waals surface area contributed by atoms with E-state index in [1.165, 1.54) is 31.2 Å². The molecular weight excluding hydrogens is 360 g/mol. The quantitative estimate of drug-likeness (QED) is 0.795. The summed E-state index contributed by atoms with van der Waals surface area (Å²) in [5.74, 6) is 0.397. The van der Waals surface area contributed by atoms with Crippen molar-refractivity contribution in [1.82, 2.24) is 9.21 Å². The molecule has 1 aliphatic rings. The van der Waals surface area contributed by atoms with E-state index in [2.05, 4.69) is 0 Å². The number of rotatable bonds is 5. The lowest BCUT2D eigenvalue weighted by Crippen LogP contribution is -2.42. The van der Waals surface area contributed by atoms with Crippen LogP contribution in [0.3, 0.4) is 0 Å². The molecule has 8 heteroatoms. The fourth-order valence-corrected chi connectivity index (χ4v) is 4.77. The molecule has 0 bridgehead atoms. The van der Waals surface area contributed by atoms with Crippen molar-refractivity contribution >= 4 is 27.3 Å². The molecule has 2 aromatic rings. The van der Waals surface area contributed by atoms with E-state index in [4.69, 9.17) is 4.74 Å². The SMILES string of the molecule is COc1ccc(S(=O)(=O)N(C)CC(=O)N2CCc3sccc3C2)cc1. The van der Waals surface area contributed by atoms with Gasteiger partial charge < -0.3 is 9.64 Å². The zero-order chi connectivity index (χ0) is 18.0. The highest BCUT2D eigenvalue weighted by Crippen LogP contribution is 2.24. The maximum atomic E-state index is 12.6. The Morgan fingerprint density at radius 2 is 2.00 bits per heavy atom. The Balaban J connectivity index is 1.68. The summed E-state index contributed by atoms with van der Waals surface area (Å²) in [7, 11) is -0.767. The smallest absolute Gasteiger partial charge is 0.243 e. The number of thiophene rings is 1. The van der Waals surface area contributed by atoms with Crippen molar-refractivity contribution in [2.75, 3.05) is 27.2 Å². The minimum absolute atomic E-state index is 0.141. The number of hydrogen-bond acceptors (Lipinski definition) is 5. The predicted molar refractivity (Wildman–Crippen MR) is 96.2 cm³/mol. The first-order chi connectivity index (χ1) is 11.9. The van der Waals surface area contributed by atoms with Gasteiger partial charge in [0.2, 0.25) is 15.9 Å². The standard InChI is InChI=1S/C17H20N2O4S2/c1-18(25(21,22)15-5-3-14(23-2)4-6-15)12-17(20)19-9-7-16-13(11-19)8-10-24-16/h3-6,8,10H,7,9,11-12H2,1-2H3. The van der Waals surface area contributed by atoms with E-state index < -0.39 is 10.0 Å². The van der Waals surface area contributed by atoms with Gasteiger partial charge in [-0.05, 0) is 47.7 Å². The number of methoxy groups -OCH3 is 1. The average Bonchev–Trinajstić information content (AvgIpc) is 3.09. The number of likely N-dealkylation sites (N-methyl/N-ethyl adjacent to an activating group) is 1. The number of hydrogen-bond donors (Lipinski definition) is 0. The van der Waals surface area contributed by atoms with Gasteiger partial charge in [-0.25, -0.2) is 8.42 Å². The molecule has 25 heavy (non-hydrogen) atoms. The van der Waals surface area contributed by atoms with Crippen LogP contribution in [0.5, 0.6) is 5.75 Å². The third-order valence-electron chi connectivity index (χ3n) is 4.29. The topological polar surface area (TPSA) is 66.9 Å². The Hall–Kier alpha value is -1.90. The third kappa shape index (κ3) is 3.70. The molecule has 0 atom stereocenters. The molecule has 134 valence electrons. The molecule has 0 N–H and O–H groups in total. The van der Waals surface area contributed by atoms with Gasteiger partial charge in [0.05, 0.1) is 18.6 Å². The van der Waals surface area contributed by atoms with E-state index in [1.807, 2.05) is 11.4 Å². The summed E-state index contributed by atoms with van der Waals surface area (Å²) >= 11 is 1.70. The van der Waals surface area contributed by atoms with Gasteiger partial charge >= 0.3 is 0 Å². The predicted octanol–water partition coefficient (Wildman–Crippen LogP) is 1.96. The van der Waals surface area contributed by atoms with Gasteiger partial charge in [-0.15, -0.1) is 11.3 Å². The number of fused-ring (bicyclic) bond motifs is 1. The van der Waals surface area contributed by atoms with Crippen LogP contribution < -0.4 is 4.74 Å². The fourth-order valence-electron chi connectivity index (χ4n) is 2.76. The molecule has 2 heterocycles. The van der Waals surface area contributed by atoms with Crippen LogP contribution in [-0.4, -0.2) is 50.8 Å². The molecule has 6 nitrogen and oxygen atoms in total. The molecule has 1 aliphatic heterocycles. The number of nitrogens with zero attached hydrogens (tertiary/aromatic N) is 2. The molecular formula is C17H20N2O4S2. The summed E-state index contributed by atoms with van der Waals surface area (Å²) in [6, 6.07) is 8.16. The Morgan fingerprint density at radius 3 is 2.68 bits per heavy atom. The second kappa shape index (κ2) is 7.15. The minimum Gasteiger partial charge on any atom is -0.497 e. The highest BCUT2D eigenvalue weighted by molar-refractivity contribution is 7.89. The van der Waals surface area contributed by atoms with Crippen molar-refractivity contribution < 1.29 is 17.9 Å². The number of benzene rings is 1. The molecule has 0 aliphatic carbocycles. The van der Waals surface area contributed by atoms with Crippen molar-refractivity contribution in [2.24, 2.45) is 0 Å². The van der Waals surface area contributed by atoms with Gasteiger partial charge in [0.15, 0.2) is 0 Å². The van der Waals surface area contributed by atoms with E-state index >= 15 is 0 Å². The molecule has 0 fully saturated rings. The number of sulfonamides is 1. The monoisotopic (exact) mass is 380 g/mol. The zero-order valence-corrected chi connectivity index (χ0v) is 15.8. The second-order valence-corrected chi connectivity index (χ2v) is 8.92. The molecule has 1 aromatic carbocycles. The van der Waals surface area contributed by atoms with Crippen LogP contribution in [0.2, 0.25) is 0 Å². The highest BCUT2D eigenvalue weighted by atomic mass is 32.2. The second-order valence-electron chi connectivity index (χ2n) is 5.87. The van der Waals surface area contributed by atoms with Crippen LogP contribution >= 0.6 is 11.3 Å². The lowest BCUT2D eigenvalue weighted by Gasteiger charge is -2.28. The molecule has 0 spiro atoms. The lowest BCUT2D eigenvalue weighted by molar-refractivity contribution is -0.132. The largest absolute Gasteiger partial charge is 0.497 e. The number of carbonyl (C=O) groups excluding carboxylic acids is 1. The Morgan fingerprint density at radius 1 is 1.28 bits per heavy atom. The molecule has 1 aromatic heterocycles. The van der Waals surface area contributed by atoms with Crippen LogP contribution in [0.15, 0.2) is 40.6 Å². The Kier molecular flexibility index (Phi) is 5.12. The van der Waals surface area contributed by atoms with Gasteiger partial charge in [-0.1, -0.05) is 0 Å². The summed E-state index contributed by atoms with van der Waals surface area (Å²) in [4.78, 5) is 15.7. The number of carbonyl (C=O) groups is 1. The molecule has 0 unspecified atom stereocenters. The van der Waals surface area contributed by atoms with Crippen LogP contribution in [0.4, 0.5) is 0 Å². The van der Waals surface area contributed by atoms with Gasteiger partial charge in [-0.3, -0.25) is 4.79 Å². The van der Waals surface area contributed by atoms with Crippen molar-refractivity contribution in [3.8, 4) is 5.75 Å². The maximum Gasteiger partial charge on any atom is 0.243 e. The van der Waals surface area contributed by atoms with Crippen LogP contribution in [0.25, 0.3) is 0 Å². The molecule has 1 amide bonds. The minimum atomic E-state index is -3.72. The van der Waals surface area contributed by atoms with Crippen molar-refractivity contribution in [3.05, 3.63) is 46.2 Å². The third-order valence-corrected chi connectivity index (χ3v) is 7.13. The van der Waals surface area contributed by atoms with Crippen LogP contribution in [0.1, 0.15) is 10.4 Å². The first-order valence-electron chi connectivity index (χ1n) is 7.85. The molecule has 0 saturated heterocycles. The van der Waals surface area contributed by atoms with E-state index in [1.54, 1.807) is 28.4 Å². The van der Waals surface area contributed by atoms with Crippen molar-refractivity contribution in [1.29, 1.82) is 0 Å². The van der Waals surface area contributed by atoms with E-state index in [9.17, 15) is 13.2 Å². The maximum absolute atomic E-state index is 12.6. The van der Waals surface area contributed by atoms with Gasteiger partial charge in [-0.2, -0.15) is 4.31 Å². The first kappa shape index (κ1) is 17.9. The highest BCUT2D eigenvalue weighted by Gasteiger charge is 2.27. The van der Waals surface area contributed by atoms with E-state index in [0.29, 0.717) is 18.8 Å². The Bertz CT molecular complexity index is 859. The summed E-state index contributed by atoms with van der Waals surface area (Å²) < 4.78 is 31.4. The number of ether oxygens (including phenoxy) is 1. The number of amides is 1. The van der Waals surface area contributed by atoms with Crippen molar-refractivity contribution in [3.63, 3.8) is 0 Å². The lowest BCUT2D eigenvalue weighted by atomic mass is 10.1. The van der Waals surface area contributed by atoms with Gasteiger partial charge in [0.1, 0.15) is 5.75 Å². The Labute approximate surface area is 151 Å². The summed E-state index contributed by atoms with van der Waals surface area (Å²) in [6.07, 6.45) is 0.827. The summed E-state index contributed by atoms with van der Waals surface area (Å²) in [5.41, 5.74) is 1.16. The van der Waals surface area contributed by atoms with Gasteiger partial charge in [0, 0.05) is 25.0 Å². The van der Waals surface area contributed by atoms with Crippen LogP contribution in [-0.2, 0) is 27.8 Å². The molecule has 0 radical (unpaired) electrons. The van der Waals surface area contributed by atoms with E-state index in [-0.39, 0.29) is 17.3 Å². The normalized spacial score (nSPS) is 14.4. The van der Waals surface area contributed by atoms with Crippen molar-refractivity contribution in [2.45, 2.75) is 17.9 Å². The molecule has 0 saturated carbocycles. The molecule has 3 rings (SSSR count). The van der Waals surface area contributed by atoms with Crippen LogP contribution in [0, 0.1) is 0 Å². The summed E-state index contributed by atoms with van der Waals surface area (Å²) in [6.45, 7) is 1.00. The average molecular weight is 380 g/mol. The zero-order valence-electron chi connectivity index (χ0n) is 14.1. The summed E-state index contributed by atoms with van der Waals surface area (Å²) in [5, 5.41) is 2.03. The first-order valence-corrected chi connectivity index (χ1v) is 10.2. The van der Waals surface area contributed by atoms with Gasteiger partial charge in [0.25, 0.3) is 0 Å². The van der Waals surface area contributed by atoms with E-state index in [0.717, 1.165) is 16.3 Å². The fraction of sp³-hybridized carbons (Fsp3) is 0.353.